The highest BCUT2D eigenvalue weighted by Crippen LogP contribution is 2.26. The van der Waals surface area contributed by atoms with Crippen LogP contribution in [-0.2, 0) is 17.9 Å². The Kier molecular flexibility index (Phi) is 5.10. The van der Waals surface area contributed by atoms with Crippen molar-refractivity contribution in [3.63, 3.8) is 0 Å². The smallest absolute Gasteiger partial charge is 0.220 e. The molecule has 0 saturated heterocycles. The van der Waals surface area contributed by atoms with E-state index in [1.165, 1.54) is 6.33 Å². The third-order valence-electron chi connectivity index (χ3n) is 4.67. The molecule has 0 saturated carbocycles. The van der Waals surface area contributed by atoms with Crippen LogP contribution in [0, 0.1) is 5.92 Å². The number of anilines is 1. The lowest BCUT2D eigenvalue weighted by atomic mass is 10.1. The molecule has 4 N–H and O–H groups in total. The van der Waals surface area contributed by atoms with Crippen molar-refractivity contribution in [2.45, 2.75) is 33.4 Å². The van der Waals surface area contributed by atoms with Gasteiger partial charge in [-0.15, -0.1) is 0 Å². The summed E-state index contributed by atoms with van der Waals surface area (Å²) in [6, 6.07) is 5.83. The van der Waals surface area contributed by atoms with E-state index in [9.17, 15) is 4.79 Å². The van der Waals surface area contributed by atoms with Gasteiger partial charge in [0.05, 0.1) is 24.9 Å². The zero-order valence-corrected chi connectivity index (χ0v) is 17.0. The van der Waals surface area contributed by atoms with E-state index in [4.69, 9.17) is 17.3 Å². The van der Waals surface area contributed by atoms with Gasteiger partial charge >= 0.3 is 0 Å². The third-order valence-corrected chi connectivity index (χ3v) is 4.89. The normalized spacial score (nSPS) is 11.6. The molecule has 4 aromatic rings. The van der Waals surface area contributed by atoms with E-state index in [-0.39, 0.29) is 5.91 Å². The number of carbonyl (C=O) groups excluding carboxylic acids is 1. The van der Waals surface area contributed by atoms with Gasteiger partial charge in [0, 0.05) is 22.5 Å². The summed E-state index contributed by atoms with van der Waals surface area (Å²) >= 11 is 6.35. The standard InChI is InChI=1S/C20H22ClN7O/c1-11(2)3-16(29)23-7-15-6-12-4-14(21)5-13(17(12)27-15)8-28-10-26-18-19(22)24-9-25-20(18)28/h4-6,9-11,27H,3,7-8H2,1-2H3,(H,23,29)(H2,22,24,25). The molecule has 1 aromatic carbocycles. The van der Waals surface area contributed by atoms with Crippen LogP contribution < -0.4 is 11.1 Å². The summed E-state index contributed by atoms with van der Waals surface area (Å²) in [5.74, 6) is 0.717. The number of hydrogen-bond donors (Lipinski definition) is 3. The van der Waals surface area contributed by atoms with E-state index >= 15 is 0 Å². The minimum Gasteiger partial charge on any atom is -0.382 e. The second-order valence-corrected chi connectivity index (χ2v) is 7.94. The van der Waals surface area contributed by atoms with Gasteiger partial charge in [-0.2, -0.15) is 0 Å². The van der Waals surface area contributed by atoms with Crippen LogP contribution in [0.15, 0.2) is 30.9 Å². The average molecular weight is 412 g/mol. The van der Waals surface area contributed by atoms with Crippen LogP contribution >= 0.6 is 11.6 Å². The van der Waals surface area contributed by atoms with Crippen LogP contribution in [0.2, 0.25) is 5.02 Å². The van der Waals surface area contributed by atoms with Gasteiger partial charge in [-0.25, -0.2) is 15.0 Å². The van der Waals surface area contributed by atoms with E-state index in [1.807, 2.05) is 36.6 Å². The Labute approximate surface area is 172 Å². The highest BCUT2D eigenvalue weighted by Gasteiger charge is 2.13. The number of amides is 1. The van der Waals surface area contributed by atoms with Gasteiger partial charge in [0.1, 0.15) is 11.8 Å². The third kappa shape index (κ3) is 4.02. The number of nitrogens with two attached hydrogens (primary N) is 1. The molecule has 9 heteroatoms. The zero-order chi connectivity index (χ0) is 20.5. The van der Waals surface area contributed by atoms with Crippen molar-refractivity contribution in [1.82, 2.24) is 29.8 Å². The first kappa shape index (κ1) is 19.2. The van der Waals surface area contributed by atoms with Crippen molar-refractivity contribution in [3.05, 3.63) is 47.1 Å². The van der Waals surface area contributed by atoms with Crippen LogP contribution in [0.4, 0.5) is 5.82 Å². The van der Waals surface area contributed by atoms with Crippen LogP contribution in [0.5, 0.6) is 0 Å². The lowest BCUT2D eigenvalue weighted by Gasteiger charge is -2.07. The van der Waals surface area contributed by atoms with Gasteiger partial charge in [0.15, 0.2) is 11.5 Å². The Balaban J connectivity index is 1.63. The predicted molar refractivity (Wildman–Crippen MR) is 113 cm³/mol. The Morgan fingerprint density at radius 1 is 1.28 bits per heavy atom. The molecule has 3 aromatic heterocycles. The Morgan fingerprint density at radius 2 is 2.10 bits per heavy atom. The van der Waals surface area contributed by atoms with Crippen molar-refractivity contribution in [1.29, 1.82) is 0 Å². The summed E-state index contributed by atoms with van der Waals surface area (Å²) in [5, 5.41) is 4.58. The molecule has 0 unspecified atom stereocenters. The molecule has 0 fully saturated rings. The number of hydrogen-bond acceptors (Lipinski definition) is 5. The number of benzene rings is 1. The summed E-state index contributed by atoms with van der Waals surface area (Å²) in [4.78, 5) is 27.9. The van der Waals surface area contributed by atoms with Gasteiger partial charge < -0.3 is 20.6 Å². The second kappa shape index (κ2) is 7.71. The fraction of sp³-hybridized carbons (Fsp3) is 0.300. The molecule has 150 valence electrons. The highest BCUT2D eigenvalue weighted by atomic mass is 35.5. The quantitative estimate of drug-likeness (QED) is 0.450. The van der Waals surface area contributed by atoms with Crippen LogP contribution in [0.3, 0.4) is 0 Å². The van der Waals surface area contributed by atoms with Crippen molar-refractivity contribution in [2.75, 3.05) is 5.73 Å². The minimum atomic E-state index is 0.0408. The fourth-order valence-corrected chi connectivity index (χ4v) is 3.64. The number of aromatic amines is 1. The Bertz CT molecular complexity index is 1190. The molecule has 4 rings (SSSR count). The number of carbonyl (C=O) groups is 1. The van der Waals surface area contributed by atoms with Crippen molar-refractivity contribution in [2.24, 2.45) is 5.92 Å². The number of imidazole rings is 1. The molecule has 0 aliphatic rings. The summed E-state index contributed by atoms with van der Waals surface area (Å²) in [6.07, 6.45) is 3.63. The van der Waals surface area contributed by atoms with E-state index in [1.54, 1.807) is 6.33 Å². The molecule has 1 amide bonds. The number of H-pyrrole nitrogens is 1. The van der Waals surface area contributed by atoms with Gasteiger partial charge in [0.2, 0.25) is 5.91 Å². The molecular weight excluding hydrogens is 390 g/mol. The number of nitrogen functional groups attached to an aromatic ring is 1. The maximum Gasteiger partial charge on any atom is 0.220 e. The second-order valence-electron chi connectivity index (χ2n) is 7.50. The number of nitrogens with one attached hydrogen (secondary N) is 2. The minimum absolute atomic E-state index is 0.0408. The number of halogens is 1. The van der Waals surface area contributed by atoms with Crippen molar-refractivity contribution >= 4 is 45.4 Å². The lowest BCUT2D eigenvalue weighted by Crippen LogP contribution is -2.24. The summed E-state index contributed by atoms with van der Waals surface area (Å²) in [6.45, 7) is 5.00. The van der Waals surface area contributed by atoms with Crippen LogP contribution in [-0.4, -0.2) is 30.4 Å². The van der Waals surface area contributed by atoms with Crippen molar-refractivity contribution < 1.29 is 4.79 Å². The lowest BCUT2D eigenvalue weighted by molar-refractivity contribution is -0.121. The summed E-state index contributed by atoms with van der Waals surface area (Å²) in [5.41, 5.74) is 9.99. The fourth-order valence-electron chi connectivity index (χ4n) is 3.39. The number of nitrogens with zero attached hydrogens (tertiary/aromatic N) is 4. The van der Waals surface area contributed by atoms with Gasteiger partial charge in [0.25, 0.3) is 0 Å². The van der Waals surface area contributed by atoms with E-state index in [0.717, 1.165) is 22.2 Å². The highest BCUT2D eigenvalue weighted by molar-refractivity contribution is 6.31. The molecule has 0 atom stereocenters. The number of fused-ring (bicyclic) bond motifs is 2. The Hall–Kier alpha value is -3.13. The summed E-state index contributed by atoms with van der Waals surface area (Å²) in [7, 11) is 0. The number of aromatic nitrogens is 5. The topological polar surface area (TPSA) is 115 Å². The van der Waals surface area contributed by atoms with Gasteiger partial charge in [-0.05, 0) is 29.7 Å². The SMILES string of the molecule is CC(C)CC(=O)NCc1cc2cc(Cl)cc(Cn3cnc4c(N)ncnc43)c2[nH]1. The maximum atomic E-state index is 11.9. The first-order valence-corrected chi connectivity index (χ1v) is 9.76. The molecule has 0 aliphatic heterocycles. The monoisotopic (exact) mass is 411 g/mol. The number of rotatable bonds is 6. The predicted octanol–water partition coefficient (Wildman–Crippen LogP) is 3.25. The van der Waals surface area contributed by atoms with Crippen molar-refractivity contribution in [3.8, 4) is 0 Å². The molecule has 8 nitrogen and oxygen atoms in total. The van der Waals surface area contributed by atoms with Crippen LogP contribution in [0.25, 0.3) is 22.1 Å². The zero-order valence-electron chi connectivity index (χ0n) is 16.2. The first-order chi connectivity index (χ1) is 13.9. The first-order valence-electron chi connectivity index (χ1n) is 9.38. The molecule has 0 radical (unpaired) electrons. The van der Waals surface area contributed by atoms with E-state index in [0.29, 0.717) is 47.4 Å². The maximum absolute atomic E-state index is 11.9. The molecule has 0 bridgehead atoms. The Morgan fingerprint density at radius 3 is 2.90 bits per heavy atom. The molecule has 0 aliphatic carbocycles. The molecule has 29 heavy (non-hydrogen) atoms. The molecule has 3 heterocycles. The van der Waals surface area contributed by atoms with E-state index < -0.39 is 0 Å². The largest absolute Gasteiger partial charge is 0.382 e. The molecular formula is C20H22ClN7O. The average Bonchev–Trinajstić information content (AvgIpc) is 3.24. The summed E-state index contributed by atoms with van der Waals surface area (Å²) < 4.78 is 1.91. The van der Waals surface area contributed by atoms with Crippen LogP contribution in [0.1, 0.15) is 31.5 Å². The van der Waals surface area contributed by atoms with Gasteiger partial charge in [-0.3, -0.25) is 4.79 Å². The molecule has 0 spiro atoms. The van der Waals surface area contributed by atoms with Gasteiger partial charge in [-0.1, -0.05) is 25.4 Å². The van der Waals surface area contributed by atoms with E-state index in [2.05, 4.69) is 25.3 Å².